The van der Waals surface area contributed by atoms with Crippen molar-refractivity contribution in [1.82, 2.24) is 4.98 Å². The first kappa shape index (κ1) is 13.5. The maximum Gasteiger partial charge on any atom is 0.186 e. The summed E-state index contributed by atoms with van der Waals surface area (Å²) in [7, 11) is -3.48. The van der Waals surface area contributed by atoms with E-state index in [9.17, 15) is 8.42 Å². The molecule has 2 aromatic carbocycles. The van der Waals surface area contributed by atoms with Crippen molar-refractivity contribution in [2.45, 2.75) is 10.6 Å². The Hall–Kier alpha value is -1.43. The van der Waals surface area contributed by atoms with Crippen molar-refractivity contribution in [2.75, 3.05) is 0 Å². The number of hydrogen-bond acceptors (Lipinski definition) is 4. The number of sulfone groups is 1. The van der Waals surface area contributed by atoms with E-state index in [4.69, 9.17) is 11.6 Å². The first-order chi connectivity index (χ1) is 9.56. The Labute approximate surface area is 125 Å². The lowest BCUT2D eigenvalue weighted by molar-refractivity contribution is 0.595. The van der Waals surface area contributed by atoms with Crippen LogP contribution in [-0.2, 0) is 15.6 Å². The minimum Gasteiger partial charge on any atom is -0.240 e. The number of fused-ring (bicyclic) bond motifs is 1. The molecule has 0 bridgehead atoms. The van der Waals surface area contributed by atoms with E-state index >= 15 is 0 Å². The topological polar surface area (TPSA) is 47.0 Å². The van der Waals surface area contributed by atoms with Gasteiger partial charge in [0.2, 0.25) is 0 Å². The zero-order valence-corrected chi connectivity index (χ0v) is 12.7. The second-order valence-corrected chi connectivity index (χ2v) is 7.75. The third kappa shape index (κ3) is 2.57. The average molecular weight is 324 g/mol. The fraction of sp³-hybridized carbons (Fsp3) is 0.0714. The lowest BCUT2D eigenvalue weighted by atomic mass is 10.3. The maximum absolute atomic E-state index is 12.4. The molecule has 0 aliphatic carbocycles. The van der Waals surface area contributed by atoms with Gasteiger partial charge in [-0.05, 0) is 24.3 Å². The van der Waals surface area contributed by atoms with Crippen LogP contribution in [0.25, 0.3) is 10.2 Å². The Morgan fingerprint density at radius 3 is 2.50 bits per heavy atom. The maximum atomic E-state index is 12.4. The molecule has 6 heteroatoms. The molecule has 0 N–H and O–H groups in total. The highest BCUT2D eigenvalue weighted by Crippen LogP contribution is 2.28. The number of nitrogens with zero attached hydrogens (tertiary/aromatic N) is 1. The summed E-state index contributed by atoms with van der Waals surface area (Å²) in [5, 5.41) is 0.819. The van der Waals surface area contributed by atoms with E-state index in [0.717, 1.165) is 10.2 Å². The predicted molar refractivity (Wildman–Crippen MR) is 82.0 cm³/mol. The van der Waals surface area contributed by atoms with Gasteiger partial charge in [-0.25, -0.2) is 13.4 Å². The largest absolute Gasteiger partial charge is 0.240 e. The Bertz CT molecular complexity index is 839. The summed E-state index contributed by atoms with van der Waals surface area (Å²) in [4.78, 5) is 4.50. The third-order valence-electron chi connectivity index (χ3n) is 2.82. The third-order valence-corrected chi connectivity index (χ3v) is 6.16. The molecule has 0 saturated carbocycles. The van der Waals surface area contributed by atoms with E-state index in [0.29, 0.717) is 5.01 Å². The van der Waals surface area contributed by atoms with E-state index in [1.165, 1.54) is 17.4 Å². The van der Waals surface area contributed by atoms with E-state index in [2.05, 4.69) is 4.98 Å². The highest BCUT2D eigenvalue weighted by Gasteiger charge is 2.20. The molecule has 3 nitrogen and oxygen atoms in total. The summed E-state index contributed by atoms with van der Waals surface area (Å²) in [5.74, 6) is -0.129. The summed E-state index contributed by atoms with van der Waals surface area (Å²) in [6, 6.07) is 14.1. The fourth-order valence-corrected chi connectivity index (χ4v) is 5.07. The number of benzene rings is 2. The zero-order chi connectivity index (χ0) is 14.2. The van der Waals surface area contributed by atoms with Crippen LogP contribution in [0.3, 0.4) is 0 Å². The van der Waals surface area contributed by atoms with Gasteiger partial charge in [0.1, 0.15) is 10.8 Å². The Morgan fingerprint density at radius 2 is 1.75 bits per heavy atom. The van der Waals surface area contributed by atoms with Crippen molar-refractivity contribution in [2.24, 2.45) is 0 Å². The molecule has 0 atom stereocenters. The van der Waals surface area contributed by atoms with Crippen molar-refractivity contribution in [3.8, 4) is 0 Å². The molecule has 3 rings (SSSR count). The highest BCUT2D eigenvalue weighted by molar-refractivity contribution is 7.91. The number of hydrogen-bond donors (Lipinski definition) is 0. The molecule has 0 saturated heterocycles. The lowest BCUT2D eigenvalue weighted by Crippen LogP contribution is -2.05. The molecule has 0 unspecified atom stereocenters. The molecule has 102 valence electrons. The van der Waals surface area contributed by atoms with Crippen LogP contribution in [0.4, 0.5) is 0 Å². The number of rotatable bonds is 3. The van der Waals surface area contributed by atoms with Crippen LogP contribution in [0, 0.1) is 0 Å². The van der Waals surface area contributed by atoms with E-state index in [1.54, 1.807) is 18.2 Å². The smallest absolute Gasteiger partial charge is 0.186 e. The minimum absolute atomic E-state index is 0.129. The molecular weight excluding hydrogens is 314 g/mol. The van der Waals surface area contributed by atoms with E-state index < -0.39 is 9.84 Å². The monoisotopic (exact) mass is 323 g/mol. The van der Waals surface area contributed by atoms with Gasteiger partial charge in [-0.1, -0.05) is 35.9 Å². The minimum atomic E-state index is -3.48. The predicted octanol–water partition coefficient (Wildman–Crippen LogP) is 3.92. The molecule has 0 aliphatic heterocycles. The van der Waals surface area contributed by atoms with Gasteiger partial charge < -0.3 is 0 Å². The number of halogens is 1. The van der Waals surface area contributed by atoms with Gasteiger partial charge in [-0.15, -0.1) is 11.3 Å². The number of para-hydroxylation sites is 1. The van der Waals surface area contributed by atoms with Crippen LogP contribution >= 0.6 is 22.9 Å². The Kier molecular flexibility index (Phi) is 3.50. The Morgan fingerprint density at radius 1 is 1.05 bits per heavy atom. The second kappa shape index (κ2) is 5.16. The first-order valence-corrected chi connectivity index (χ1v) is 8.73. The van der Waals surface area contributed by atoms with Crippen molar-refractivity contribution < 1.29 is 8.42 Å². The van der Waals surface area contributed by atoms with Crippen molar-refractivity contribution in [3.05, 3.63) is 58.6 Å². The molecule has 0 amide bonds. The summed E-state index contributed by atoms with van der Waals surface area (Å²) in [5.41, 5.74) is 0.821. The highest BCUT2D eigenvalue weighted by atomic mass is 35.5. The van der Waals surface area contributed by atoms with Crippen molar-refractivity contribution in [1.29, 1.82) is 0 Å². The van der Waals surface area contributed by atoms with Crippen LogP contribution in [0.15, 0.2) is 53.4 Å². The summed E-state index contributed by atoms with van der Waals surface area (Å²) in [6.45, 7) is 0. The van der Waals surface area contributed by atoms with E-state index in [1.807, 2.05) is 24.3 Å². The average Bonchev–Trinajstić information content (AvgIpc) is 2.80. The zero-order valence-electron chi connectivity index (χ0n) is 10.3. The van der Waals surface area contributed by atoms with Gasteiger partial charge in [0.25, 0.3) is 0 Å². The van der Waals surface area contributed by atoms with Gasteiger partial charge in [0, 0.05) is 0 Å². The quantitative estimate of drug-likeness (QED) is 0.734. The van der Waals surface area contributed by atoms with Crippen molar-refractivity contribution >= 4 is 43.0 Å². The lowest BCUT2D eigenvalue weighted by Gasteiger charge is -2.03. The molecule has 0 fully saturated rings. The molecular formula is C14H10ClNO2S2. The standard InChI is InChI=1S/C14H10ClNO2S2/c15-10-5-1-4-8-13(10)20(17,18)9-14-16-11-6-2-3-7-12(11)19-14/h1-8H,9H2. The molecule has 0 radical (unpaired) electrons. The SMILES string of the molecule is O=S(=O)(Cc1nc2ccccc2s1)c1ccccc1Cl. The van der Waals surface area contributed by atoms with Gasteiger partial charge in [-0.3, -0.25) is 0 Å². The van der Waals surface area contributed by atoms with Crippen LogP contribution in [0.1, 0.15) is 5.01 Å². The van der Waals surface area contributed by atoms with Crippen LogP contribution in [0.2, 0.25) is 5.02 Å². The van der Waals surface area contributed by atoms with Crippen LogP contribution < -0.4 is 0 Å². The number of thiazole rings is 1. The summed E-state index contributed by atoms with van der Waals surface area (Å²) >= 11 is 7.35. The molecule has 3 aromatic rings. The second-order valence-electron chi connectivity index (χ2n) is 4.26. The number of aromatic nitrogens is 1. The molecule has 0 aliphatic rings. The fourth-order valence-electron chi connectivity index (χ4n) is 1.92. The molecule has 1 heterocycles. The normalized spacial score (nSPS) is 11.8. The van der Waals surface area contributed by atoms with Gasteiger partial charge in [0.15, 0.2) is 9.84 Å². The first-order valence-electron chi connectivity index (χ1n) is 5.88. The Balaban J connectivity index is 1.99. The molecule has 20 heavy (non-hydrogen) atoms. The van der Waals surface area contributed by atoms with Crippen molar-refractivity contribution in [3.63, 3.8) is 0 Å². The summed E-state index contributed by atoms with van der Waals surface area (Å²) < 4.78 is 25.7. The molecule has 0 spiro atoms. The molecule has 1 aromatic heterocycles. The van der Waals surface area contributed by atoms with E-state index in [-0.39, 0.29) is 15.7 Å². The van der Waals surface area contributed by atoms with Crippen LogP contribution in [-0.4, -0.2) is 13.4 Å². The summed E-state index contributed by atoms with van der Waals surface area (Å²) in [6.07, 6.45) is 0. The van der Waals surface area contributed by atoms with Crippen LogP contribution in [0.5, 0.6) is 0 Å². The van der Waals surface area contributed by atoms with Gasteiger partial charge in [0.05, 0.1) is 20.1 Å². The van der Waals surface area contributed by atoms with Gasteiger partial charge in [-0.2, -0.15) is 0 Å². The van der Waals surface area contributed by atoms with Gasteiger partial charge >= 0.3 is 0 Å².